The second-order valence-corrected chi connectivity index (χ2v) is 8.28. The molecule has 2 rings (SSSR count). The van der Waals surface area contributed by atoms with Crippen LogP contribution in [0.3, 0.4) is 0 Å². The van der Waals surface area contributed by atoms with E-state index in [1.165, 1.54) is 12.3 Å². The van der Waals surface area contributed by atoms with Crippen molar-refractivity contribution < 1.29 is 22.7 Å². The lowest BCUT2D eigenvalue weighted by Gasteiger charge is -2.35. The molecule has 1 aliphatic heterocycles. The first kappa shape index (κ1) is 21.7. The topological polar surface area (TPSA) is 42.4 Å². The molecular formula is C20H29F3N2O2. The van der Waals surface area contributed by atoms with Gasteiger partial charge in [-0.3, -0.25) is 4.79 Å². The van der Waals surface area contributed by atoms with Gasteiger partial charge < -0.3 is 9.64 Å². The minimum atomic E-state index is -4.54. The van der Waals surface area contributed by atoms with Crippen molar-refractivity contribution in [3.8, 4) is 5.88 Å². The van der Waals surface area contributed by atoms with Crippen molar-refractivity contribution in [3.05, 3.63) is 23.9 Å². The molecule has 0 aromatic carbocycles. The summed E-state index contributed by atoms with van der Waals surface area (Å²) >= 11 is 0. The summed E-state index contributed by atoms with van der Waals surface area (Å²) in [6.45, 7) is 7.57. The minimum absolute atomic E-state index is 0.0121. The summed E-state index contributed by atoms with van der Waals surface area (Å²) in [5.74, 6) is 0.584. The molecule has 2 heterocycles. The van der Waals surface area contributed by atoms with Crippen molar-refractivity contribution in [1.29, 1.82) is 0 Å². The molecule has 4 nitrogen and oxygen atoms in total. The molecule has 0 aliphatic carbocycles. The van der Waals surface area contributed by atoms with Gasteiger partial charge in [0.25, 0.3) is 0 Å². The quantitative estimate of drug-likeness (QED) is 0.695. The van der Waals surface area contributed by atoms with Crippen molar-refractivity contribution >= 4 is 5.78 Å². The number of aromatic nitrogens is 1. The molecule has 1 aromatic heterocycles. The second kappa shape index (κ2) is 8.59. The molecule has 1 aromatic rings. The van der Waals surface area contributed by atoms with Gasteiger partial charge in [0.1, 0.15) is 18.0 Å². The third-order valence-electron chi connectivity index (χ3n) is 5.43. The first-order valence-corrected chi connectivity index (χ1v) is 9.37. The lowest BCUT2D eigenvalue weighted by Crippen LogP contribution is -2.37. The molecule has 0 radical (unpaired) electrons. The van der Waals surface area contributed by atoms with Gasteiger partial charge in [-0.05, 0) is 64.3 Å². The van der Waals surface area contributed by atoms with Crippen LogP contribution in [0.25, 0.3) is 0 Å². The van der Waals surface area contributed by atoms with E-state index in [9.17, 15) is 18.0 Å². The molecule has 0 saturated carbocycles. The van der Waals surface area contributed by atoms with Gasteiger partial charge in [0.2, 0.25) is 5.88 Å². The monoisotopic (exact) mass is 386 g/mol. The first-order valence-electron chi connectivity index (χ1n) is 9.37. The standard InChI is InChI=1S/C20H29F3N2O2/c1-14-12-25(4)11-9-15(14)7-8-17(26)19(2,3)13-27-18-16(20(21,22)23)6-5-10-24-18/h5-6,10,14-15H,7-9,11-13H2,1-4H3/t14-,15-/m0/s1. The summed E-state index contributed by atoms with van der Waals surface area (Å²) < 4.78 is 44.4. The number of likely N-dealkylation sites (tertiary alicyclic amines) is 1. The van der Waals surface area contributed by atoms with Crippen molar-refractivity contribution in [2.24, 2.45) is 17.3 Å². The summed E-state index contributed by atoms with van der Waals surface area (Å²) in [7, 11) is 2.10. The van der Waals surface area contributed by atoms with E-state index in [-0.39, 0.29) is 12.4 Å². The van der Waals surface area contributed by atoms with Crippen LogP contribution in [0, 0.1) is 17.3 Å². The maximum absolute atomic E-state index is 13.0. The van der Waals surface area contributed by atoms with Gasteiger partial charge in [-0.25, -0.2) is 4.98 Å². The Hall–Kier alpha value is -1.63. The number of ketones is 1. The zero-order chi connectivity index (χ0) is 20.2. The smallest absolute Gasteiger partial charge is 0.421 e. The molecule has 2 atom stereocenters. The molecule has 27 heavy (non-hydrogen) atoms. The predicted octanol–water partition coefficient (Wildman–Crippen LogP) is 4.44. The number of piperidine rings is 1. The SMILES string of the molecule is C[C@H]1CN(C)CC[C@@H]1CCC(=O)C(C)(C)COc1ncccc1C(F)(F)F. The lowest BCUT2D eigenvalue weighted by molar-refractivity contribution is -0.139. The summed E-state index contributed by atoms with van der Waals surface area (Å²) in [6, 6.07) is 2.15. The van der Waals surface area contributed by atoms with Crippen LogP contribution in [-0.2, 0) is 11.0 Å². The zero-order valence-corrected chi connectivity index (χ0v) is 16.5. The molecule has 152 valence electrons. The second-order valence-electron chi connectivity index (χ2n) is 8.28. The largest absolute Gasteiger partial charge is 0.476 e. The van der Waals surface area contributed by atoms with E-state index in [2.05, 4.69) is 23.9 Å². The average Bonchev–Trinajstić information content (AvgIpc) is 2.58. The van der Waals surface area contributed by atoms with Crippen LogP contribution in [0.2, 0.25) is 0 Å². The number of halogens is 3. The van der Waals surface area contributed by atoms with E-state index in [4.69, 9.17) is 4.74 Å². The number of carbonyl (C=O) groups is 1. The van der Waals surface area contributed by atoms with Crippen molar-refractivity contribution in [2.45, 2.75) is 46.2 Å². The highest BCUT2D eigenvalue weighted by Crippen LogP contribution is 2.35. The van der Waals surface area contributed by atoms with Crippen molar-refractivity contribution in [2.75, 3.05) is 26.7 Å². The van der Waals surface area contributed by atoms with E-state index >= 15 is 0 Å². The molecule has 0 amide bonds. The average molecular weight is 386 g/mol. The van der Waals surface area contributed by atoms with Gasteiger partial charge in [-0.2, -0.15) is 13.2 Å². The Morgan fingerprint density at radius 2 is 2.07 bits per heavy atom. The van der Waals surface area contributed by atoms with E-state index in [1.807, 2.05) is 0 Å². The highest BCUT2D eigenvalue weighted by molar-refractivity contribution is 5.84. The van der Waals surface area contributed by atoms with Crippen molar-refractivity contribution in [3.63, 3.8) is 0 Å². The van der Waals surface area contributed by atoms with E-state index in [0.29, 0.717) is 18.3 Å². The highest BCUT2D eigenvalue weighted by atomic mass is 19.4. The molecule has 1 aliphatic rings. The number of hydrogen-bond acceptors (Lipinski definition) is 4. The number of alkyl halides is 3. The molecule has 0 unspecified atom stereocenters. The fourth-order valence-electron chi connectivity index (χ4n) is 3.54. The number of hydrogen-bond donors (Lipinski definition) is 0. The normalized spacial score (nSPS) is 21.9. The first-order chi connectivity index (χ1) is 12.5. The van der Waals surface area contributed by atoms with E-state index in [0.717, 1.165) is 32.0 Å². The van der Waals surface area contributed by atoms with Crippen LogP contribution in [0.15, 0.2) is 18.3 Å². The Balaban J connectivity index is 1.92. The minimum Gasteiger partial charge on any atom is -0.476 e. The van der Waals surface area contributed by atoms with Crippen LogP contribution in [0.4, 0.5) is 13.2 Å². The summed E-state index contributed by atoms with van der Waals surface area (Å²) in [6.07, 6.45) is -0.980. The summed E-state index contributed by atoms with van der Waals surface area (Å²) in [5.41, 5.74) is -1.79. The molecule has 7 heteroatoms. The van der Waals surface area contributed by atoms with E-state index in [1.54, 1.807) is 13.8 Å². The Morgan fingerprint density at radius 3 is 2.70 bits per heavy atom. The molecule has 1 fully saturated rings. The molecular weight excluding hydrogens is 357 g/mol. The van der Waals surface area contributed by atoms with Crippen LogP contribution in [0.5, 0.6) is 5.88 Å². The van der Waals surface area contributed by atoms with Crippen LogP contribution in [-0.4, -0.2) is 42.4 Å². The van der Waals surface area contributed by atoms with Gasteiger partial charge in [-0.15, -0.1) is 0 Å². The highest BCUT2D eigenvalue weighted by Gasteiger charge is 2.36. The van der Waals surface area contributed by atoms with Crippen LogP contribution >= 0.6 is 0 Å². The number of carbonyl (C=O) groups excluding carboxylic acids is 1. The Morgan fingerprint density at radius 1 is 1.37 bits per heavy atom. The number of nitrogens with zero attached hydrogens (tertiary/aromatic N) is 2. The van der Waals surface area contributed by atoms with E-state index < -0.39 is 23.0 Å². The number of ether oxygens (including phenoxy) is 1. The third kappa shape index (κ3) is 5.92. The van der Waals surface area contributed by atoms with Crippen molar-refractivity contribution in [1.82, 2.24) is 9.88 Å². The summed E-state index contributed by atoms with van der Waals surface area (Å²) in [5, 5.41) is 0. The Bertz CT molecular complexity index is 646. The Labute approximate surface area is 159 Å². The molecule has 0 spiro atoms. The van der Waals surface area contributed by atoms with Gasteiger partial charge >= 0.3 is 6.18 Å². The van der Waals surface area contributed by atoms with Gasteiger partial charge in [0.05, 0.1) is 5.41 Å². The fraction of sp³-hybridized carbons (Fsp3) is 0.700. The molecule has 0 bridgehead atoms. The molecule has 0 N–H and O–H groups in total. The maximum Gasteiger partial charge on any atom is 0.421 e. The lowest BCUT2D eigenvalue weighted by atomic mass is 9.80. The van der Waals surface area contributed by atoms with Gasteiger partial charge in [-0.1, -0.05) is 6.92 Å². The fourth-order valence-corrected chi connectivity index (χ4v) is 3.54. The zero-order valence-electron chi connectivity index (χ0n) is 16.5. The number of pyridine rings is 1. The summed E-state index contributed by atoms with van der Waals surface area (Å²) in [4.78, 5) is 18.6. The van der Waals surface area contributed by atoms with Gasteiger partial charge in [0.15, 0.2) is 0 Å². The predicted molar refractivity (Wildman–Crippen MR) is 97.5 cm³/mol. The van der Waals surface area contributed by atoms with Crippen LogP contribution < -0.4 is 4.74 Å². The molecule has 1 saturated heterocycles. The van der Waals surface area contributed by atoms with Crippen LogP contribution in [0.1, 0.15) is 45.6 Å². The number of rotatable bonds is 7. The Kier molecular flexibility index (Phi) is 6.89. The number of Topliss-reactive ketones (excluding diaryl/α,β-unsaturated/α-hetero) is 1. The third-order valence-corrected chi connectivity index (χ3v) is 5.43. The van der Waals surface area contributed by atoms with Gasteiger partial charge in [0, 0.05) is 19.2 Å². The maximum atomic E-state index is 13.0.